The van der Waals surface area contributed by atoms with Crippen molar-refractivity contribution in [3.63, 3.8) is 0 Å². The van der Waals surface area contributed by atoms with Crippen LogP contribution in [0.4, 0.5) is 10.1 Å². The third-order valence-electron chi connectivity index (χ3n) is 2.66. The first kappa shape index (κ1) is 16.5. The largest absolute Gasteiger partial charge is 0.279 e. The Labute approximate surface area is 140 Å². The minimum Gasteiger partial charge on any atom is -0.279 e. The van der Waals surface area contributed by atoms with Gasteiger partial charge in [0.1, 0.15) is 10.7 Å². The van der Waals surface area contributed by atoms with Crippen LogP contribution in [-0.2, 0) is 10.0 Å². The molecule has 0 unspecified atom stereocenters. The second-order valence-corrected chi connectivity index (χ2v) is 7.62. The van der Waals surface area contributed by atoms with Crippen molar-refractivity contribution in [1.82, 2.24) is 0 Å². The molecule has 0 aliphatic carbocycles. The van der Waals surface area contributed by atoms with Gasteiger partial charge in [0.2, 0.25) is 0 Å². The Balaban J connectivity index is 2.46. The van der Waals surface area contributed by atoms with Crippen molar-refractivity contribution in [3.8, 4) is 0 Å². The molecule has 0 amide bonds. The summed E-state index contributed by atoms with van der Waals surface area (Å²) in [4.78, 5) is -0.255. The second-order valence-electron chi connectivity index (χ2n) is 4.27. The number of benzene rings is 2. The van der Waals surface area contributed by atoms with Crippen LogP contribution < -0.4 is 4.72 Å². The number of nitrogens with one attached hydrogen (secondary N) is 1. The molecule has 0 bridgehead atoms. The first-order valence-corrected chi connectivity index (χ1v) is 8.67. The monoisotopic (exact) mass is 411 g/mol. The fraction of sp³-hybridized carbons (Fsp3) is 0.0769. The molecular weight excluding hydrogens is 404 g/mol. The quantitative estimate of drug-likeness (QED) is 0.770. The van der Waals surface area contributed by atoms with E-state index in [4.69, 9.17) is 23.2 Å². The van der Waals surface area contributed by atoms with Crippen LogP contribution in [0.3, 0.4) is 0 Å². The fourth-order valence-corrected chi connectivity index (χ4v) is 4.64. The number of halogens is 4. The SMILES string of the molecule is Cc1ccc(NS(=O)(=O)c2c(Cl)cc(Br)cc2Cl)cc1F. The highest BCUT2D eigenvalue weighted by Crippen LogP contribution is 2.34. The third-order valence-corrected chi connectivity index (χ3v) is 5.42. The summed E-state index contributed by atoms with van der Waals surface area (Å²) in [5.41, 5.74) is 0.505. The standard InChI is InChI=1S/C13H9BrCl2FNO2S/c1-7-2-3-9(6-12(7)17)18-21(19,20)13-10(15)4-8(14)5-11(13)16/h2-6,18H,1H3. The van der Waals surface area contributed by atoms with Crippen LogP contribution in [0, 0.1) is 12.7 Å². The lowest BCUT2D eigenvalue weighted by atomic mass is 10.2. The van der Waals surface area contributed by atoms with Crippen LogP contribution in [0.25, 0.3) is 0 Å². The number of sulfonamides is 1. The molecular formula is C13H9BrCl2FNO2S. The maximum Gasteiger partial charge on any atom is 0.264 e. The van der Waals surface area contributed by atoms with E-state index in [1.54, 1.807) is 6.92 Å². The van der Waals surface area contributed by atoms with Crippen molar-refractivity contribution < 1.29 is 12.8 Å². The van der Waals surface area contributed by atoms with E-state index in [1.165, 1.54) is 24.3 Å². The second kappa shape index (κ2) is 6.12. The summed E-state index contributed by atoms with van der Waals surface area (Å²) in [7, 11) is -4.02. The van der Waals surface area contributed by atoms with Crippen molar-refractivity contribution in [1.29, 1.82) is 0 Å². The van der Waals surface area contributed by atoms with Gasteiger partial charge < -0.3 is 0 Å². The molecule has 0 aromatic heterocycles. The van der Waals surface area contributed by atoms with E-state index in [0.29, 0.717) is 10.0 Å². The van der Waals surface area contributed by atoms with Gasteiger partial charge in [-0.15, -0.1) is 0 Å². The van der Waals surface area contributed by atoms with E-state index in [9.17, 15) is 12.8 Å². The van der Waals surface area contributed by atoms with Gasteiger partial charge in [-0.1, -0.05) is 45.2 Å². The zero-order chi connectivity index (χ0) is 15.8. The zero-order valence-electron chi connectivity index (χ0n) is 10.6. The number of anilines is 1. The molecule has 1 N–H and O–H groups in total. The third kappa shape index (κ3) is 3.69. The van der Waals surface area contributed by atoms with Crippen molar-refractivity contribution in [2.75, 3.05) is 4.72 Å². The molecule has 0 radical (unpaired) electrons. The maximum absolute atomic E-state index is 13.5. The van der Waals surface area contributed by atoms with Crippen LogP contribution >= 0.6 is 39.1 Å². The molecule has 8 heteroatoms. The van der Waals surface area contributed by atoms with Crippen molar-refractivity contribution >= 4 is 54.8 Å². The van der Waals surface area contributed by atoms with Gasteiger partial charge in [-0.2, -0.15) is 0 Å². The molecule has 2 aromatic rings. The molecule has 0 aliphatic rings. The van der Waals surface area contributed by atoms with Crippen LogP contribution in [0.2, 0.25) is 10.0 Å². The summed E-state index contributed by atoms with van der Waals surface area (Å²) in [6.45, 7) is 1.58. The smallest absolute Gasteiger partial charge is 0.264 e. The molecule has 3 nitrogen and oxygen atoms in total. The molecule has 0 saturated carbocycles. The van der Waals surface area contributed by atoms with Crippen LogP contribution in [0.5, 0.6) is 0 Å². The van der Waals surface area contributed by atoms with Crippen molar-refractivity contribution in [2.24, 2.45) is 0 Å². The summed E-state index contributed by atoms with van der Waals surface area (Å²) in [6, 6.07) is 6.84. The molecule has 0 aliphatic heterocycles. The Hall–Kier alpha value is -0.820. The lowest BCUT2D eigenvalue weighted by molar-refractivity contribution is 0.601. The van der Waals surface area contributed by atoms with E-state index in [0.717, 1.165) is 6.07 Å². The normalized spacial score (nSPS) is 11.5. The number of hydrogen-bond acceptors (Lipinski definition) is 2. The van der Waals surface area contributed by atoms with Gasteiger partial charge in [-0.05, 0) is 36.8 Å². The van der Waals surface area contributed by atoms with Crippen molar-refractivity contribution in [2.45, 2.75) is 11.8 Å². The van der Waals surface area contributed by atoms with E-state index in [-0.39, 0.29) is 20.6 Å². The molecule has 0 fully saturated rings. The summed E-state index contributed by atoms with van der Waals surface area (Å²) in [5, 5.41) is -0.0658. The first-order valence-electron chi connectivity index (χ1n) is 5.64. The maximum atomic E-state index is 13.5. The van der Waals surface area contributed by atoms with Gasteiger partial charge >= 0.3 is 0 Å². The molecule has 2 rings (SSSR count). The number of aryl methyl sites for hydroxylation is 1. The van der Waals surface area contributed by atoms with E-state index >= 15 is 0 Å². The molecule has 21 heavy (non-hydrogen) atoms. The molecule has 0 spiro atoms. The fourth-order valence-electron chi connectivity index (χ4n) is 1.65. The average molecular weight is 413 g/mol. The van der Waals surface area contributed by atoms with Gasteiger partial charge in [0.05, 0.1) is 15.7 Å². The minimum atomic E-state index is -4.02. The summed E-state index contributed by atoms with van der Waals surface area (Å²) in [5.74, 6) is -0.511. The molecule has 0 atom stereocenters. The summed E-state index contributed by atoms with van der Waals surface area (Å²) in [6.07, 6.45) is 0. The highest BCUT2D eigenvalue weighted by atomic mass is 79.9. The summed E-state index contributed by atoms with van der Waals surface area (Å²) < 4.78 is 40.9. The Morgan fingerprint density at radius 2 is 1.71 bits per heavy atom. The molecule has 0 saturated heterocycles. The van der Waals surface area contributed by atoms with Gasteiger partial charge in [-0.25, -0.2) is 12.8 Å². The lowest BCUT2D eigenvalue weighted by Crippen LogP contribution is -2.14. The highest BCUT2D eigenvalue weighted by molar-refractivity contribution is 9.10. The molecule has 2 aromatic carbocycles. The van der Waals surface area contributed by atoms with Crippen LogP contribution in [-0.4, -0.2) is 8.42 Å². The first-order chi connectivity index (χ1) is 9.70. The Morgan fingerprint density at radius 1 is 1.14 bits per heavy atom. The van der Waals surface area contributed by atoms with Gasteiger partial charge in [0, 0.05) is 4.47 Å². The average Bonchev–Trinajstić information content (AvgIpc) is 2.31. The van der Waals surface area contributed by atoms with Gasteiger partial charge in [0.15, 0.2) is 0 Å². The van der Waals surface area contributed by atoms with Crippen LogP contribution in [0.15, 0.2) is 39.7 Å². The number of hydrogen-bond donors (Lipinski definition) is 1. The predicted molar refractivity (Wildman–Crippen MR) is 86.1 cm³/mol. The lowest BCUT2D eigenvalue weighted by Gasteiger charge is -2.12. The van der Waals surface area contributed by atoms with E-state index < -0.39 is 15.8 Å². The minimum absolute atomic E-state index is 0.0329. The van der Waals surface area contributed by atoms with Gasteiger partial charge in [-0.3, -0.25) is 4.72 Å². The Morgan fingerprint density at radius 3 is 2.24 bits per heavy atom. The number of rotatable bonds is 3. The topological polar surface area (TPSA) is 46.2 Å². The molecule has 112 valence electrons. The van der Waals surface area contributed by atoms with E-state index in [2.05, 4.69) is 20.7 Å². The predicted octanol–water partition coefficient (Wildman–Crippen LogP) is 5.00. The van der Waals surface area contributed by atoms with Crippen LogP contribution in [0.1, 0.15) is 5.56 Å². The van der Waals surface area contributed by atoms with Gasteiger partial charge in [0.25, 0.3) is 10.0 Å². The molecule has 0 heterocycles. The summed E-state index contributed by atoms with van der Waals surface area (Å²) >= 11 is 15.0. The Kier molecular flexibility index (Phi) is 4.82. The Bertz CT molecular complexity index is 789. The van der Waals surface area contributed by atoms with E-state index in [1.807, 2.05) is 0 Å². The highest BCUT2D eigenvalue weighted by Gasteiger charge is 2.22. The zero-order valence-corrected chi connectivity index (χ0v) is 14.5. The van der Waals surface area contributed by atoms with Crippen molar-refractivity contribution in [3.05, 3.63) is 56.2 Å².